The van der Waals surface area contributed by atoms with Crippen LogP contribution in [0.4, 0.5) is 0 Å². The third kappa shape index (κ3) is 11.4. The summed E-state index contributed by atoms with van der Waals surface area (Å²) in [5.41, 5.74) is 0. The molecular weight excluding hydrogens is 217 g/mol. The Bertz CT molecular complexity index is 150. The predicted molar refractivity (Wildman–Crippen MR) is 46.4 cm³/mol. The molecule has 0 bridgehead atoms. The number of phosphoric acid groups is 1. The molecule has 12 heavy (non-hydrogen) atoms. The Labute approximate surface area is 97.9 Å². The Morgan fingerprint density at radius 3 is 2.42 bits per heavy atom. The van der Waals surface area contributed by atoms with Gasteiger partial charge in [0.05, 0.1) is 6.61 Å². The number of rotatable bonds is 5. The van der Waals surface area contributed by atoms with Crippen molar-refractivity contribution in [3.63, 3.8) is 0 Å². The van der Waals surface area contributed by atoms with Crippen molar-refractivity contribution in [3.05, 3.63) is 0 Å². The van der Waals surface area contributed by atoms with E-state index in [-0.39, 0.29) is 42.0 Å². The van der Waals surface area contributed by atoms with Crippen LogP contribution in [-0.4, -0.2) is 58.1 Å². The Morgan fingerprint density at radius 2 is 2.08 bits per heavy atom. The molecule has 0 aliphatic carbocycles. The fraction of sp³-hybridized carbons (Fsp3) is 1.00. The fourth-order valence-electron chi connectivity index (χ4n) is 0.434. The van der Waals surface area contributed by atoms with E-state index in [2.05, 4.69) is 4.52 Å². The normalized spacial score (nSPS) is 13.7. The summed E-state index contributed by atoms with van der Waals surface area (Å²) in [5.74, 6) is 0.259. The number of hydrogen-bond acceptors (Lipinski definition) is 3. The van der Waals surface area contributed by atoms with E-state index in [0.717, 1.165) is 0 Å². The third-order valence-corrected chi connectivity index (χ3v) is 1.44. The van der Waals surface area contributed by atoms with Gasteiger partial charge < -0.3 is 14.5 Å². The van der Waals surface area contributed by atoms with Crippen LogP contribution in [0.25, 0.3) is 0 Å². The van der Waals surface area contributed by atoms with E-state index >= 15 is 0 Å². The molecule has 8 heteroatoms. The molecule has 0 aromatic carbocycles. The molecule has 0 aromatic rings. The molecule has 0 saturated heterocycles. The van der Waals surface area contributed by atoms with Crippen LogP contribution >= 0.6 is 19.4 Å². The van der Waals surface area contributed by atoms with Gasteiger partial charge in [-0.05, 0) is 6.92 Å². The molecule has 0 heterocycles. The maximum absolute atomic E-state index is 10.2. The molecule has 0 aliphatic rings. The molecule has 70 valence electrons. The Morgan fingerprint density at radius 1 is 1.58 bits per heavy atom. The quantitative estimate of drug-likeness (QED) is 0.301. The van der Waals surface area contributed by atoms with Gasteiger partial charge in [-0.1, -0.05) is 0 Å². The minimum absolute atomic E-state index is 0. The molecule has 0 aliphatic heterocycles. The van der Waals surface area contributed by atoms with Gasteiger partial charge >= 0.3 is 37.4 Å². The summed E-state index contributed by atoms with van der Waals surface area (Å²) in [6, 6.07) is 0. The van der Waals surface area contributed by atoms with E-state index < -0.39 is 14.1 Å². The average molecular weight is 229 g/mol. The van der Waals surface area contributed by atoms with E-state index in [4.69, 9.17) is 26.1 Å². The third-order valence-electron chi connectivity index (χ3n) is 0.715. The van der Waals surface area contributed by atoms with Crippen LogP contribution in [0.3, 0.4) is 0 Å². The standard InChI is InChI=1S/C4H10ClO5P.Na.H/c1-4(9-3-2-5)10-11(6,7)8;;/h4H,2-3H2,1H3,(H2,6,7,8);;. The second-order valence-electron chi connectivity index (χ2n) is 1.72. The number of ether oxygens (including phenoxy) is 1. The van der Waals surface area contributed by atoms with Crippen LogP contribution in [0.1, 0.15) is 6.92 Å². The summed E-state index contributed by atoms with van der Waals surface area (Å²) in [6.45, 7) is 1.58. The SMILES string of the molecule is CC(OCCCl)OP(=O)(O)O.[NaH]. The van der Waals surface area contributed by atoms with Gasteiger partial charge in [0, 0.05) is 5.88 Å². The number of phosphoric ester groups is 1. The Kier molecular flexibility index (Phi) is 10.2. The van der Waals surface area contributed by atoms with Crippen LogP contribution in [-0.2, 0) is 13.8 Å². The van der Waals surface area contributed by atoms with Gasteiger partial charge in [-0.3, -0.25) is 4.52 Å². The van der Waals surface area contributed by atoms with Gasteiger partial charge in [0.15, 0.2) is 6.29 Å². The first kappa shape index (κ1) is 15.8. The molecule has 1 atom stereocenters. The van der Waals surface area contributed by atoms with Crippen molar-refractivity contribution < 1.29 is 23.6 Å². The second-order valence-corrected chi connectivity index (χ2v) is 3.29. The number of halogens is 1. The maximum atomic E-state index is 10.2. The van der Waals surface area contributed by atoms with Gasteiger partial charge in [0.2, 0.25) is 0 Å². The molecule has 1 unspecified atom stereocenters. The van der Waals surface area contributed by atoms with Crippen molar-refractivity contribution in [1.82, 2.24) is 0 Å². The second kappa shape index (κ2) is 7.74. The van der Waals surface area contributed by atoms with Crippen LogP contribution in [0.2, 0.25) is 0 Å². The Hall–Kier alpha value is 1.36. The summed E-state index contributed by atoms with van der Waals surface area (Å²) in [7, 11) is -4.43. The summed E-state index contributed by atoms with van der Waals surface area (Å²) >= 11 is 5.24. The van der Waals surface area contributed by atoms with E-state index in [1.807, 2.05) is 0 Å². The van der Waals surface area contributed by atoms with E-state index in [0.29, 0.717) is 0 Å². The van der Waals surface area contributed by atoms with Crippen LogP contribution in [0, 0.1) is 0 Å². The van der Waals surface area contributed by atoms with Crippen LogP contribution in [0.5, 0.6) is 0 Å². The Balaban J connectivity index is 0. The van der Waals surface area contributed by atoms with Crippen molar-refractivity contribution in [3.8, 4) is 0 Å². The van der Waals surface area contributed by atoms with Crippen molar-refractivity contribution >= 4 is 49.0 Å². The molecule has 0 amide bonds. The summed E-state index contributed by atoms with van der Waals surface area (Å²) in [4.78, 5) is 16.5. The number of hydrogen-bond donors (Lipinski definition) is 2. The zero-order valence-electron chi connectivity index (χ0n) is 5.94. The van der Waals surface area contributed by atoms with Gasteiger partial charge in [-0.2, -0.15) is 0 Å². The fourth-order valence-corrected chi connectivity index (χ4v) is 0.971. The molecule has 0 spiro atoms. The molecule has 0 radical (unpaired) electrons. The average Bonchev–Trinajstić information content (AvgIpc) is 1.79. The van der Waals surface area contributed by atoms with Gasteiger partial charge in [0.1, 0.15) is 0 Å². The van der Waals surface area contributed by atoms with Crippen molar-refractivity contribution in [2.45, 2.75) is 13.2 Å². The van der Waals surface area contributed by atoms with E-state index in [1.54, 1.807) is 0 Å². The molecule has 0 rings (SSSR count). The monoisotopic (exact) mass is 228 g/mol. The zero-order chi connectivity index (χ0) is 8.91. The summed E-state index contributed by atoms with van der Waals surface area (Å²) in [6.07, 6.45) is -0.936. The topological polar surface area (TPSA) is 76.0 Å². The van der Waals surface area contributed by atoms with Crippen molar-refractivity contribution in [2.24, 2.45) is 0 Å². The zero-order valence-corrected chi connectivity index (χ0v) is 7.59. The minimum atomic E-state index is -4.43. The van der Waals surface area contributed by atoms with Gasteiger partial charge in [-0.15, -0.1) is 11.6 Å². The van der Waals surface area contributed by atoms with E-state index in [1.165, 1.54) is 6.92 Å². The first-order chi connectivity index (χ1) is 4.95. The summed E-state index contributed by atoms with van der Waals surface area (Å²) < 4.78 is 19.0. The van der Waals surface area contributed by atoms with Gasteiger partial charge in [-0.25, -0.2) is 4.57 Å². The van der Waals surface area contributed by atoms with Crippen molar-refractivity contribution in [1.29, 1.82) is 0 Å². The molecular formula is C4H11ClNaO5P. The van der Waals surface area contributed by atoms with Crippen molar-refractivity contribution in [2.75, 3.05) is 12.5 Å². The predicted octanol–water partition coefficient (Wildman–Crippen LogP) is 0.0486. The summed E-state index contributed by atoms with van der Waals surface area (Å²) in [5, 5.41) is 0. The molecule has 2 N–H and O–H groups in total. The van der Waals surface area contributed by atoms with Gasteiger partial charge in [0.25, 0.3) is 0 Å². The van der Waals surface area contributed by atoms with E-state index in [9.17, 15) is 4.57 Å². The van der Waals surface area contributed by atoms with Crippen LogP contribution in [0.15, 0.2) is 0 Å². The molecule has 0 aromatic heterocycles. The van der Waals surface area contributed by atoms with Crippen LogP contribution < -0.4 is 0 Å². The molecule has 0 saturated carbocycles. The first-order valence-corrected chi connectivity index (χ1v) is 4.93. The molecule has 5 nitrogen and oxygen atoms in total. The first-order valence-electron chi connectivity index (χ1n) is 2.87. The number of alkyl halides is 1. The molecule has 0 fully saturated rings.